The van der Waals surface area contributed by atoms with Crippen molar-refractivity contribution in [2.45, 2.75) is 25.7 Å². The molecule has 1 atom stereocenters. The smallest absolute Gasteiger partial charge is 0.248 e. The standard InChI is InChI=1S/C16H21N5O2/c1-11-19-13(8-14(20-11)16-17-5-6-18-16)12-4-3-7-21(9-12)15(22)10-23-2/h5-6,8,12H,3-4,7,9-10H2,1-2H3,(H,17,18)/t12-/m0/s1. The topological polar surface area (TPSA) is 84.0 Å². The van der Waals surface area contributed by atoms with E-state index in [2.05, 4.69) is 19.9 Å². The van der Waals surface area contributed by atoms with Gasteiger partial charge in [-0.25, -0.2) is 15.0 Å². The van der Waals surface area contributed by atoms with Gasteiger partial charge in [-0.15, -0.1) is 0 Å². The molecule has 0 radical (unpaired) electrons. The van der Waals surface area contributed by atoms with Crippen molar-refractivity contribution < 1.29 is 9.53 Å². The van der Waals surface area contributed by atoms with E-state index in [0.29, 0.717) is 12.4 Å². The van der Waals surface area contributed by atoms with Gasteiger partial charge in [0.15, 0.2) is 5.82 Å². The molecule has 1 aliphatic heterocycles. The molecule has 1 amide bonds. The third kappa shape index (κ3) is 3.56. The summed E-state index contributed by atoms with van der Waals surface area (Å²) in [6, 6.07) is 1.97. The second kappa shape index (κ2) is 6.87. The lowest BCUT2D eigenvalue weighted by atomic mass is 9.94. The SMILES string of the molecule is COCC(=O)N1CCC[C@H](c2cc(-c3ncc[nH]3)nc(C)n2)C1. The van der Waals surface area contributed by atoms with Crippen LogP contribution in [0.2, 0.25) is 0 Å². The monoisotopic (exact) mass is 315 g/mol. The van der Waals surface area contributed by atoms with Gasteiger partial charge in [0.1, 0.15) is 18.1 Å². The summed E-state index contributed by atoms with van der Waals surface area (Å²) >= 11 is 0. The number of carbonyl (C=O) groups is 1. The van der Waals surface area contributed by atoms with Gasteiger partial charge in [-0.05, 0) is 25.8 Å². The van der Waals surface area contributed by atoms with Crippen LogP contribution in [0.3, 0.4) is 0 Å². The summed E-state index contributed by atoms with van der Waals surface area (Å²) in [6.07, 6.45) is 5.47. The molecule has 23 heavy (non-hydrogen) atoms. The molecule has 0 unspecified atom stereocenters. The molecule has 1 N–H and O–H groups in total. The summed E-state index contributed by atoms with van der Waals surface area (Å²) in [5.74, 6) is 1.71. The van der Waals surface area contributed by atoms with Gasteiger partial charge in [0.05, 0.1) is 0 Å². The second-order valence-electron chi connectivity index (χ2n) is 5.77. The van der Waals surface area contributed by atoms with E-state index in [1.165, 1.54) is 0 Å². The first kappa shape index (κ1) is 15.6. The minimum Gasteiger partial charge on any atom is -0.375 e. The van der Waals surface area contributed by atoms with Crippen LogP contribution in [0.1, 0.15) is 30.3 Å². The van der Waals surface area contributed by atoms with Gasteiger partial charge in [0.2, 0.25) is 5.91 Å². The van der Waals surface area contributed by atoms with Gasteiger partial charge in [-0.1, -0.05) is 0 Å². The van der Waals surface area contributed by atoms with Crippen molar-refractivity contribution in [1.29, 1.82) is 0 Å². The predicted molar refractivity (Wildman–Crippen MR) is 84.8 cm³/mol. The van der Waals surface area contributed by atoms with Crippen LogP contribution >= 0.6 is 0 Å². The Morgan fingerprint density at radius 2 is 2.35 bits per heavy atom. The first-order valence-electron chi connectivity index (χ1n) is 7.79. The van der Waals surface area contributed by atoms with Crippen molar-refractivity contribution >= 4 is 5.91 Å². The Morgan fingerprint density at radius 3 is 3.09 bits per heavy atom. The fraction of sp³-hybridized carbons (Fsp3) is 0.500. The van der Waals surface area contributed by atoms with Gasteiger partial charge in [0.25, 0.3) is 0 Å². The summed E-state index contributed by atoms with van der Waals surface area (Å²) in [5.41, 5.74) is 1.76. The van der Waals surface area contributed by atoms with Crippen LogP contribution in [0.5, 0.6) is 0 Å². The average Bonchev–Trinajstić information content (AvgIpc) is 3.09. The van der Waals surface area contributed by atoms with Crippen molar-refractivity contribution in [1.82, 2.24) is 24.8 Å². The fourth-order valence-corrected chi connectivity index (χ4v) is 2.99. The van der Waals surface area contributed by atoms with Crippen LogP contribution in [0.15, 0.2) is 18.5 Å². The number of aryl methyl sites for hydroxylation is 1. The zero-order valence-corrected chi connectivity index (χ0v) is 13.5. The van der Waals surface area contributed by atoms with Crippen LogP contribution < -0.4 is 0 Å². The Morgan fingerprint density at radius 1 is 1.48 bits per heavy atom. The molecule has 0 saturated carbocycles. The molecule has 1 saturated heterocycles. The number of nitrogens with one attached hydrogen (secondary N) is 1. The van der Waals surface area contributed by atoms with Crippen LogP contribution in [0, 0.1) is 6.92 Å². The lowest BCUT2D eigenvalue weighted by molar-refractivity contribution is -0.136. The normalized spacial score (nSPS) is 18.2. The first-order chi connectivity index (χ1) is 11.2. The summed E-state index contributed by atoms with van der Waals surface area (Å²) in [7, 11) is 1.54. The Labute approximate surface area is 135 Å². The molecule has 122 valence electrons. The number of imidazole rings is 1. The number of hydrogen-bond acceptors (Lipinski definition) is 5. The Kier molecular flexibility index (Phi) is 4.66. The Bertz CT molecular complexity index is 671. The number of carbonyl (C=O) groups excluding carboxylic acids is 1. The number of likely N-dealkylation sites (tertiary alicyclic amines) is 1. The predicted octanol–water partition coefficient (Wildman–Crippen LogP) is 1.53. The van der Waals surface area contributed by atoms with E-state index in [4.69, 9.17) is 4.74 Å². The zero-order chi connectivity index (χ0) is 16.2. The molecular formula is C16H21N5O2. The average molecular weight is 315 g/mol. The highest BCUT2D eigenvalue weighted by molar-refractivity contribution is 5.77. The molecule has 3 heterocycles. The van der Waals surface area contributed by atoms with E-state index < -0.39 is 0 Å². The summed E-state index contributed by atoms with van der Waals surface area (Å²) in [4.78, 5) is 30.3. The van der Waals surface area contributed by atoms with E-state index >= 15 is 0 Å². The number of H-pyrrole nitrogens is 1. The highest BCUT2D eigenvalue weighted by Crippen LogP contribution is 2.27. The minimum absolute atomic E-state index is 0.0363. The number of aromatic amines is 1. The van der Waals surface area contributed by atoms with Crippen molar-refractivity contribution in [2.24, 2.45) is 0 Å². The van der Waals surface area contributed by atoms with Crippen LogP contribution in [0.25, 0.3) is 11.5 Å². The first-order valence-corrected chi connectivity index (χ1v) is 7.79. The molecule has 0 spiro atoms. The maximum atomic E-state index is 12.0. The molecule has 7 heteroatoms. The number of methoxy groups -OCH3 is 1. The summed E-state index contributed by atoms with van der Waals surface area (Å²) in [6.45, 7) is 3.48. The molecule has 2 aromatic rings. The van der Waals surface area contributed by atoms with Crippen molar-refractivity contribution in [2.75, 3.05) is 26.8 Å². The molecule has 0 aliphatic carbocycles. The molecule has 0 aromatic carbocycles. The fourth-order valence-electron chi connectivity index (χ4n) is 2.99. The number of nitrogens with zero attached hydrogens (tertiary/aromatic N) is 4. The van der Waals surface area contributed by atoms with Gasteiger partial charge in [0, 0.05) is 44.2 Å². The van der Waals surface area contributed by atoms with Gasteiger partial charge >= 0.3 is 0 Å². The number of aromatic nitrogens is 4. The van der Waals surface area contributed by atoms with E-state index in [1.54, 1.807) is 19.5 Å². The van der Waals surface area contributed by atoms with Crippen molar-refractivity contribution in [3.8, 4) is 11.5 Å². The highest BCUT2D eigenvalue weighted by Gasteiger charge is 2.26. The quantitative estimate of drug-likeness (QED) is 0.925. The number of rotatable bonds is 4. The van der Waals surface area contributed by atoms with E-state index in [0.717, 1.165) is 36.6 Å². The number of piperidine rings is 1. The zero-order valence-electron chi connectivity index (χ0n) is 13.5. The minimum atomic E-state index is 0.0363. The molecule has 3 rings (SSSR count). The maximum absolute atomic E-state index is 12.0. The summed E-state index contributed by atoms with van der Waals surface area (Å²) < 4.78 is 4.96. The van der Waals surface area contributed by atoms with E-state index in [-0.39, 0.29) is 18.4 Å². The van der Waals surface area contributed by atoms with Gasteiger partial charge in [-0.2, -0.15) is 0 Å². The largest absolute Gasteiger partial charge is 0.375 e. The number of amides is 1. The third-order valence-corrected chi connectivity index (χ3v) is 4.06. The molecule has 1 fully saturated rings. The highest BCUT2D eigenvalue weighted by atomic mass is 16.5. The van der Waals surface area contributed by atoms with Crippen molar-refractivity contribution in [3.63, 3.8) is 0 Å². The van der Waals surface area contributed by atoms with E-state index in [9.17, 15) is 4.79 Å². The molecule has 7 nitrogen and oxygen atoms in total. The molecular weight excluding hydrogens is 294 g/mol. The maximum Gasteiger partial charge on any atom is 0.248 e. The van der Waals surface area contributed by atoms with Crippen LogP contribution in [-0.4, -0.2) is 57.5 Å². The van der Waals surface area contributed by atoms with Gasteiger partial charge in [-0.3, -0.25) is 4.79 Å². The number of hydrogen-bond donors (Lipinski definition) is 1. The Balaban J connectivity index is 1.82. The van der Waals surface area contributed by atoms with E-state index in [1.807, 2.05) is 17.9 Å². The lowest BCUT2D eigenvalue weighted by Crippen LogP contribution is -2.41. The molecule has 0 bridgehead atoms. The lowest BCUT2D eigenvalue weighted by Gasteiger charge is -2.32. The van der Waals surface area contributed by atoms with Crippen LogP contribution in [-0.2, 0) is 9.53 Å². The number of ether oxygens (including phenoxy) is 1. The van der Waals surface area contributed by atoms with Gasteiger partial charge < -0.3 is 14.6 Å². The summed E-state index contributed by atoms with van der Waals surface area (Å²) in [5, 5.41) is 0. The molecule has 1 aliphatic rings. The third-order valence-electron chi connectivity index (χ3n) is 4.06. The second-order valence-corrected chi connectivity index (χ2v) is 5.77. The Hall–Kier alpha value is -2.28. The molecule has 2 aromatic heterocycles. The van der Waals surface area contributed by atoms with Crippen molar-refractivity contribution in [3.05, 3.63) is 30.0 Å². The van der Waals surface area contributed by atoms with Crippen LogP contribution in [0.4, 0.5) is 0 Å².